The summed E-state index contributed by atoms with van der Waals surface area (Å²) in [5.41, 5.74) is 6.99. The lowest BCUT2D eigenvalue weighted by Gasteiger charge is -2.26. The molecule has 1 heterocycles. The molecule has 0 saturated heterocycles. The van der Waals surface area contributed by atoms with E-state index < -0.39 is 0 Å². The van der Waals surface area contributed by atoms with Crippen molar-refractivity contribution in [1.29, 1.82) is 5.26 Å². The van der Waals surface area contributed by atoms with E-state index in [1.807, 2.05) is 25.3 Å². The van der Waals surface area contributed by atoms with Crippen LogP contribution in [0, 0.1) is 25.2 Å². The second-order valence-electron chi connectivity index (χ2n) is 5.93. The highest BCUT2D eigenvalue weighted by Crippen LogP contribution is 2.34. The molecule has 126 valence electrons. The topological polar surface area (TPSA) is 55.7 Å². The first-order chi connectivity index (χ1) is 12.0. The van der Waals surface area contributed by atoms with Gasteiger partial charge in [0.1, 0.15) is 6.07 Å². The van der Waals surface area contributed by atoms with Gasteiger partial charge < -0.3 is 4.90 Å². The number of rotatable bonds is 4. The van der Waals surface area contributed by atoms with E-state index in [0.717, 1.165) is 34.7 Å². The van der Waals surface area contributed by atoms with Crippen molar-refractivity contribution in [3.05, 3.63) is 64.4 Å². The number of aromatic nitrogens is 2. The van der Waals surface area contributed by atoms with E-state index in [-0.39, 0.29) is 0 Å². The van der Waals surface area contributed by atoms with Crippen LogP contribution in [0.2, 0.25) is 5.02 Å². The number of nitriles is 1. The third-order valence-electron chi connectivity index (χ3n) is 4.34. The molecular weight excluding hydrogens is 332 g/mol. The van der Waals surface area contributed by atoms with E-state index in [9.17, 15) is 0 Å². The average Bonchev–Trinajstić information content (AvgIpc) is 3.03. The molecule has 0 atom stereocenters. The Hall–Kier alpha value is -2.77. The van der Waals surface area contributed by atoms with Crippen molar-refractivity contribution in [2.45, 2.75) is 20.8 Å². The molecule has 1 N–H and O–H groups in total. The molecule has 3 rings (SSSR count). The van der Waals surface area contributed by atoms with Crippen LogP contribution in [0.4, 0.5) is 11.4 Å². The number of nitrogens with zero attached hydrogens (tertiary/aromatic N) is 3. The summed E-state index contributed by atoms with van der Waals surface area (Å²) in [6.07, 6.45) is 1.85. The Balaban J connectivity index is 2.08. The minimum absolute atomic E-state index is 0.470. The van der Waals surface area contributed by atoms with Crippen LogP contribution in [0.1, 0.15) is 23.7 Å². The molecule has 0 bridgehead atoms. The molecule has 0 fully saturated rings. The van der Waals surface area contributed by atoms with E-state index in [2.05, 4.69) is 53.2 Å². The van der Waals surface area contributed by atoms with Crippen LogP contribution in [0.3, 0.4) is 0 Å². The van der Waals surface area contributed by atoms with Gasteiger partial charge in [0.15, 0.2) is 0 Å². The molecule has 0 spiro atoms. The van der Waals surface area contributed by atoms with Gasteiger partial charge in [-0.05, 0) is 56.2 Å². The van der Waals surface area contributed by atoms with Crippen molar-refractivity contribution in [3.8, 4) is 17.2 Å². The largest absolute Gasteiger partial charge is 0.341 e. The van der Waals surface area contributed by atoms with Crippen molar-refractivity contribution >= 4 is 23.0 Å². The van der Waals surface area contributed by atoms with Crippen LogP contribution >= 0.6 is 11.6 Å². The van der Waals surface area contributed by atoms with E-state index >= 15 is 0 Å². The molecule has 25 heavy (non-hydrogen) atoms. The number of hydrogen-bond acceptors (Lipinski definition) is 3. The Morgan fingerprint density at radius 1 is 1.20 bits per heavy atom. The number of aryl methyl sites for hydroxylation is 2. The molecule has 1 aromatic heterocycles. The number of H-pyrrole nitrogens is 1. The van der Waals surface area contributed by atoms with Gasteiger partial charge in [0, 0.05) is 29.2 Å². The lowest BCUT2D eigenvalue weighted by molar-refractivity contribution is 1.02. The fourth-order valence-corrected chi connectivity index (χ4v) is 3.18. The molecule has 5 heteroatoms. The van der Waals surface area contributed by atoms with Gasteiger partial charge in [-0.1, -0.05) is 23.7 Å². The molecule has 0 saturated carbocycles. The molecular formula is C20H19ClN4. The summed E-state index contributed by atoms with van der Waals surface area (Å²) in [4.78, 5) is 2.20. The fraction of sp³-hybridized carbons (Fsp3) is 0.200. The molecule has 4 nitrogen and oxygen atoms in total. The predicted molar refractivity (Wildman–Crippen MR) is 102 cm³/mol. The first kappa shape index (κ1) is 17.1. The van der Waals surface area contributed by atoms with Gasteiger partial charge in [0.25, 0.3) is 0 Å². The minimum atomic E-state index is 0.470. The zero-order valence-electron chi connectivity index (χ0n) is 14.5. The van der Waals surface area contributed by atoms with Gasteiger partial charge in [0.2, 0.25) is 0 Å². The number of hydrogen-bond donors (Lipinski definition) is 1. The maximum Gasteiger partial charge on any atom is 0.101 e. The summed E-state index contributed by atoms with van der Waals surface area (Å²) in [6.45, 7) is 6.99. The highest BCUT2D eigenvalue weighted by Gasteiger charge is 2.14. The number of benzene rings is 2. The van der Waals surface area contributed by atoms with E-state index in [0.29, 0.717) is 10.6 Å². The summed E-state index contributed by atoms with van der Waals surface area (Å²) in [6, 6.07) is 14.0. The molecule has 0 aliphatic carbocycles. The first-order valence-corrected chi connectivity index (χ1v) is 8.51. The molecule has 0 amide bonds. The Bertz CT molecular complexity index is 953. The summed E-state index contributed by atoms with van der Waals surface area (Å²) < 4.78 is 0. The van der Waals surface area contributed by atoms with Gasteiger partial charge >= 0.3 is 0 Å². The van der Waals surface area contributed by atoms with Gasteiger partial charge in [-0.3, -0.25) is 5.10 Å². The Morgan fingerprint density at radius 3 is 2.60 bits per heavy atom. The van der Waals surface area contributed by atoms with E-state index in [1.165, 1.54) is 5.56 Å². The average molecular weight is 351 g/mol. The third kappa shape index (κ3) is 3.24. The number of nitrogens with one attached hydrogen (secondary N) is 1. The normalized spacial score (nSPS) is 10.5. The van der Waals surface area contributed by atoms with Crippen molar-refractivity contribution in [2.24, 2.45) is 0 Å². The van der Waals surface area contributed by atoms with Gasteiger partial charge in [-0.2, -0.15) is 10.4 Å². The number of anilines is 2. The van der Waals surface area contributed by atoms with Crippen molar-refractivity contribution in [3.63, 3.8) is 0 Å². The third-order valence-corrected chi connectivity index (χ3v) is 4.65. The van der Waals surface area contributed by atoms with E-state index in [4.69, 9.17) is 16.9 Å². The zero-order valence-corrected chi connectivity index (χ0v) is 15.2. The van der Waals surface area contributed by atoms with Gasteiger partial charge in [-0.15, -0.1) is 0 Å². The zero-order chi connectivity index (χ0) is 18.0. The maximum absolute atomic E-state index is 9.08. The Kier molecular flexibility index (Phi) is 4.78. The smallest absolute Gasteiger partial charge is 0.101 e. The van der Waals surface area contributed by atoms with Crippen LogP contribution in [0.25, 0.3) is 11.1 Å². The fourth-order valence-electron chi connectivity index (χ4n) is 2.96. The van der Waals surface area contributed by atoms with Crippen LogP contribution in [0.5, 0.6) is 0 Å². The summed E-state index contributed by atoms with van der Waals surface area (Å²) >= 11 is 6.23. The lowest BCUT2D eigenvalue weighted by atomic mass is 10.0. The molecule has 0 radical (unpaired) electrons. The minimum Gasteiger partial charge on any atom is -0.341 e. The van der Waals surface area contributed by atoms with Crippen LogP contribution < -0.4 is 4.90 Å². The standard InChI is InChI=1S/C20H19ClN4/c1-4-25(17-8-7-16(11-22)19(21)10-17)20-9-15(6-5-13(20)2)18-12-23-24-14(18)3/h5-10,12H,4H2,1-3H3,(H,23,24). The summed E-state index contributed by atoms with van der Waals surface area (Å²) in [7, 11) is 0. The highest BCUT2D eigenvalue weighted by atomic mass is 35.5. The summed E-state index contributed by atoms with van der Waals surface area (Å²) in [5.74, 6) is 0. The molecule has 3 aromatic rings. The molecule has 0 aliphatic rings. The molecule has 0 unspecified atom stereocenters. The van der Waals surface area contributed by atoms with E-state index in [1.54, 1.807) is 6.07 Å². The number of halogens is 1. The Morgan fingerprint density at radius 2 is 2.00 bits per heavy atom. The van der Waals surface area contributed by atoms with Gasteiger partial charge in [0.05, 0.1) is 16.8 Å². The predicted octanol–water partition coefficient (Wildman–Crippen LogP) is 5.38. The Labute approximate surface area is 152 Å². The van der Waals surface area contributed by atoms with Crippen molar-refractivity contribution < 1.29 is 0 Å². The number of aromatic amines is 1. The molecule has 2 aromatic carbocycles. The van der Waals surface area contributed by atoms with Crippen molar-refractivity contribution in [1.82, 2.24) is 10.2 Å². The quantitative estimate of drug-likeness (QED) is 0.687. The maximum atomic E-state index is 9.08. The summed E-state index contributed by atoms with van der Waals surface area (Å²) in [5, 5.41) is 16.6. The SMILES string of the molecule is CCN(c1ccc(C#N)c(Cl)c1)c1cc(-c2cn[nH]c2C)ccc1C. The second-order valence-corrected chi connectivity index (χ2v) is 6.34. The van der Waals surface area contributed by atoms with Crippen molar-refractivity contribution in [2.75, 3.05) is 11.4 Å². The second kappa shape index (κ2) is 7.00. The molecule has 0 aliphatic heterocycles. The lowest BCUT2D eigenvalue weighted by Crippen LogP contribution is -2.17. The van der Waals surface area contributed by atoms with Crippen LogP contribution in [0.15, 0.2) is 42.6 Å². The van der Waals surface area contributed by atoms with Crippen LogP contribution in [-0.4, -0.2) is 16.7 Å². The first-order valence-electron chi connectivity index (χ1n) is 8.13. The highest BCUT2D eigenvalue weighted by molar-refractivity contribution is 6.32. The monoisotopic (exact) mass is 350 g/mol. The van der Waals surface area contributed by atoms with Gasteiger partial charge in [-0.25, -0.2) is 0 Å². The van der Waals surface area contributed by atoms with Crippen LogP contribution in [-0.2, 0) is 0 Å².